The van der Waals surface area contributed by atoms with E-state index < -0.39 is 0 Å². The van der Waals surface area contributed by atoms with E-state index in [0.717, 1.165) is 18.2 Å². The van der Waals surface area contributed by atoms with E-state index in [1.807, 2.05) is 6.92 Å². The summed E-state index contributed by atoms with van der Waals surface area (Å²) in [7, 11) is 0. The Bertz CT molecular complexity index is 376. The molecule has 16 heavy (non-hydrogen) atoms. The second-order valence-electron chi connectivity index (χ2n) is 4.31. The van der Waals surface area contributed by atoms with E-state index in [1.165, 1.54) is 37.4 Å². The van der Waals surface area contributed by atoms with Crippen molar-refractivity contribution in [3.63, 3.8) is 0 Å². The minimum Gasteiger partial charge on any atom is -0.262 e. The molecule has 0 spiro atoms. The molecule has 4 nitrogen and oxygen atoms in total. The van der Waals surface area contributed by atoms with E-state index in [4.69, 9.17) is 5.26 Å². The van der Waals surface area contributed by atoms with Gasteiger partial charge < -0.3 is 0 Å². The quantitative estimate of drug-likeness (QED) is 0.816. The van der Waals surface area contributed by atoms with Crippen LogP contribution < -0.4 is 0 Å². The van der Waals surface area contributed by atoms with Crippen molar-refractivity contribution in [3.8, 4) is 6.07 Å². The van der Waals surface area contributed by atoms with Gasteiger partial charge in [0.2, 0.25) is 5.16 Å². The predicted molar refractivity (Wildman–Crippen MR) is 63.0 cm³/mol. The van der Waals surface area contributed by atoms with Crippen LogP contribution in [0.25, 0.3) is 0 Å². The van der Waals surface area contributed by atoms with Crippen molar-refractivity contribution in [2.45, 2.75) is 49.4 Å². The average molecular weight is 236 g/mol. The molecule has 0 aliphatic heterocycles. The molecule has 1 aromatic rings. The van der Waals surface area contributed by atoms with Crippen LogP contribution in [0.5, 0.6) is 0 Å². The zero-order valence-electron chi connectivity index (χ0n) is 9.44. The van der Waals surface area contributed by atoms with Crippen LogP contribution in [0, 0.1) is 17.2 Å². The summed E-state index contributed by atoms with van der Waals surface area (Å²) in [5.74, 6) is 1.75. The lowest BCUT2D eigenvalue weighted by Gasteiger charge is -2.04. The van der Waals surface area contributed by atoms with Crippen LogP contribution in [-0.2, 0) is 6.42 Å². The summed E-state index contributed by atoms with van der Waals surface area (Å²) in [4.78, 5) is 4.41. The van der Waals surface area contributed by atoms with Gasteiger partial charge in [-0.2, -0.15) is 5.26 Å². The Morgan fingerprint density at radius 3 is 3.00 bits per heavy atom. The van der Waals surface area contributed by atoms with E-state index in [2.05, 4.69) is 21.3 Å². The average Bonchev–Trinajstić information content (AvgIpc) is 2.91. The van der Waals surface area contributed by atoms with Crippen LogP contribution in [0.15, 0.2) is 5.16 Å². The molecule has 1 aliphatic carbocycles. The molecule has 1 aliphatic rings. The molecular weight excluding hydrogens is 220 g/mol. The molecule has 1 heterocycles. The van der Waals surface area contributed by atoms with Crippen LogP contribution in [0.3, 0.4) is 0 Å². The number of nitriles is 1. The van der Waals surface area contributed by atoms with Gasteiger partial charge in [-0.1, -0.05) is 37.4 Å². The third-order valence-electron chi connectivity index (χ3n) is 2.93. The lowest BCUT2D eigenvalue weighted by atomic mass is 10.0. The Hall–Kier alpha value is -1.02. The lowest BCUT2D eigenvalue weighted by Crippen LogP contribution is -2.00. The first-order chi connectivity index (χ1) is 7.78. The van der Waals surface area contributed by atoms with Crippen LogP contribution in [0.1, 0.15) is 38.4 Å². The van der Waals surface area contributed by atoms with E-state index in [9.17, 15) is 0 Å². The highest BCUT2D eigenvalue weighted by atomic mass is 32.2. The minimum absolute atomic E-state index is 0.0878. The van der Waals surface area contributed by atoms with Gasteiger partial charge in [-0.3, -0.25) is 5.10 Å². The molecule has 1 unspecified atom stereocenters. The first-order valence-electron chi connectivity index (χ1n) is 5.75. The zero-order valence-corrected chi connectivity index (χ0v) is 10.3. The van der Waals surface area contributed by atoms with Crippen molar-refractivity contribution in [1.82, 2.24) is 15.2 Å². The molecule has 1 atom stereocenters. The van der Waals surface area contributed by atoms with Crippen LogP contribution in [-0.4, -0.2) is 20.4 Å². The van der Waals surface area contributed by atoms with Crippen molar-refractivity contribution in [1.29, 1.82) is 5.26 Å². The van der Waals surface area contributed by atoms with E-state index in [-0.39, 0.29) is 5.25 Å². The van der Waals surface area contributed by atoms with Gasteiger partial charge in [-0.15, -0.1) is 5.10 Å². The topological polar surface area (TPSA) is 65.4 Å². The van der Waals surface area contributed by atoms with Crippen molar-refractivity contribution in [2.24, 2.45) is 5.92 Å². The normalized spacial score (nSPS) is 18.5. The molecule has 86 valence electrons. The van der Waals surface area contributed by atoms with Crippen LogP contribution in [0.2, 0.25) is 0 Å². The third kappa shape index (κ3) is 2.99. The summed E-state index contributed by atoms with van der Waals surface area (Å²) >= 11 is 1.41. The Balaban J connectivity index is 1.89. The number of H-pyrrole nitrogens is 1. The second-order valence-corrected chi connectivity index (χ2v) is 5.62. The molecule has 0 radical (unpaired) electrons. The van der Waals surface area contributed by atoms with Gasteiger partial charge in [0.05, 0.1) is 11.3 Å². The first kappa shape index (κ1) is 11.5. The van der Waals surface area contributed by atoms with Gasteiger partial charge in [-0.05, 0) is 12.8 Å². The highest BCUT2D eigenvalue weighted by Crippen LogP contribution is 2.27. The van der Waals surface area contributed by atoms with Gasteiger partial charge in [0.1, 0.15) is 5.82 Å². The molecule has 1 aromatic heterocycles. The number of thioether (sulfide) groups is 1. The third-order valence-corrected chi connectivity index (χ3v) is 3.78. The maximum atomic E-state index is 8.70. The fourth-order valence-corrected chi connectivity index (χ4v) is 2.72. The molecule has 0 bridgehead atoms. The summed E-state index contributed by atoms with van der Waals surface area (Å²) < 4.78 is 0. The molecule has 1 N–H and O–H groups in total. The highest BCUT2D eigenvalue weighted by Gasteiger charge is 2.17. The largest absolute Gasteiger partial charge is 0.262 e. The molecule has 2 rings (SSSR count). The number of nitrogens with zero attached hydrogens (tertiary/aromatic N) is 3. The summed E-state index contributed by atoms with van der Waals surface area (Å²) in [5.41, 5.74) is 0. The fraction of sp³-hybridized carbons (Fsp3) is 0.727. The highest BCUT2D eigenvalue weighted by molar-refractivity contribution is 7.99. The maximum absolute atomic E-state index is 8.70. The van der Waals surface area contributed by atoms with Gasteiger partial charge in [0, 0.05) is 6.42 Å². The van der Waals surface area contributed by atoms with Gasteiger partial charge in [0.25, 0.3) is 0 Å². The van der Waals surface area contributed by atoms with E-state index >= 15 is 0 Å². The van der Waals surface area contributed by atoms with Gasteiger partial charge >= 0.3 is 0 Å². The number of aromatic amines is 1. The molecule has 1 saturated carbocycles. The molecule has 0 saturated heterocycles. The number of aromatic nitrogens is 3. The summed E-state index contributed by atoms with van der Waals surface area (Å²) in [6, 6.07) is 2.16. The Morgan fingerprint density at radius 1 is 1.56 bits per heavy atom. The summed E-state index contributed by atoms with van der Waals surface area (Å²) in [6.07, 6.45) is 6.35. The van der Waals surface area contributed by atoms with Gasteiger partial charge in [-0.25, -0.2) is 4.98 Å². The Kier molecular flexibility index (Phi) is 3.83. The number of rotatable bonds is 4. The zero-order chi connectivity index (χ0) is 11.4. The van der Waals surface area contributed by atoms with Crippen molar-refractivity contribution < 1.29 is 0 Å². The SMILES string of the molecule is CC(C#N)Sc1n[nH]c(CC2CCCC2)n1. The standard InChI is InChI=1S/C11H16N4S/c1-8(7-12)16-11-13-10(14-15-11)6-9-4-2-3-5-9/h8-9H,2-6H2,1H3,(H,13,14,15). The lowest BCUT2D eigenvalue weighted by molar-refractivity contribution is 0.531. The monoisotopic (exact) mass is 236 g/mol. The molecule has 5 heteroatoms. The van der Waals surface area contributed by atoms with Crippen molar-refractivity contribution >= 4 is 11.8 Å². The smallest absolute Gasteiger partial charge is 0.209 e. The second kappa shape index (κ2) is 5.35. The van der Waals surface area contributed by atoms with Crippen molar-refractivity contribution in [2.75, 3.05) is 0 Å². The Labute approximate surface area is 99.8 Å². The van der Waals surface area contributed by atoms with Crippen molar-refractivity contribution in [3.05, 3.63) is 5.82 Å². The predicted octanol–water partition coefficient (Wildman–Crippen LogP) is 2.54. The van der Waals surface area contributed by atoms with E-state index in [0.29, 0.717) is 5.16 Å². The maximum Gasteiger partial charge on any atom is 0.209 e. The summed E-state index contributed by atoms with van der Waals surface area (Å²) in [5, 5.41) is 16.4. The molecular formula is C11H16N4S. The first-order valence-corrected chi connectivity index (χ1v) is 6.63. The van der Waals surface area contributed by atoms with E-state index in [1.54, 1.807) is 0 Å². The summed E-state index contributed by atoms with van der Waals surface area (Å²) in [6.45, 7) is 1.86. The molecule has 0 aromatic carbocycles. The van der Waals surface area contributed by atoms with Crippen LogP contribution >= 0.6 is 11.8 Å². The van der Waals surface area contributed by atoms with Gasteiger partial charge in [0.15, 0.2) is 0 Å². The fourth-order valence-electron chi connectivity index (χ4n) is 2.09. The molecule has 1 fully saturated rings. The Morgan fingerprint density at radius 2 is 2.31 bits per heavy atom. The minimum atomic E-state index is -0.0878. The number of hydrogen-bond donors (Lipinski definition) is 1. The number of nitrogens with one attached hydrogen (secondary N) is 1. The van der Waals surface area contributed by atoms with Crippen LogP contribution in [0.4, 0.5) is 0 Å². The molecule has 0 amide bonds. The number of hydrogen-bond acceptors (Lipinski definition) is 4.